The molecule has 0 spiro atoms. The third kappa shape index (κ3) is 1.95. The van der Waals surface area contributed by atoms with Crippen LogP contribution in [0.4, 0.5) is 0 Å². The molecular formula is C16H10Cl2N4. The molecule has 0 aliphatic carbocycles. The van der Waals surface area contributed by atoms with Gasteiger partial charge in [0.1, 0.15) is 11.6 Å². The maximum absolute atomic E-state index is 6.36. The summed E-state index contributed by atoms with van der Waals surface area (Å²) >= 11 is 12.3. The Labute approximate surface area is 136 Å². The first-order valence-electron chi connectivity index (χ1n) is 6.71. The Balaban J connectivity index is 2.17. The topological polar surface area (TPSA) is 43.1 Å². The van der Waals surface area contributed by atoms with E-state index in [0.29, 0.717) is 15.9 Å². The number of hydrogen-bond donors (Lipinski definition) is 0. The molecule has 0 saturated carbocycles. The predicted molar refractivity (Wildman–Crippen MR) is 88.5 cm³/mol. The summed E-state index contributed by atoms with van der Waals surface area (Å²) in [6.45, 7) is 1.89. The normalized spacial score (nSPS) is 11.4. The van der Waals surface area contributed by atoms with Crippen molar-refractivity contribution in [2.24, 2.45) is 0 Å². The number of para-hydroxylation sites is 1. The number of aryl methyl sites for hydroxylation is 1. The zero-order valence-electron chi connectivity index (χ0n) is 11.6. The fourth-order valence-corrected chi connectivity index (χ4v) is 3.06. The summed E-state index contributed by atoms with van der Waals surface area (Å²) in [7, 11) is 0. The zero-order chi connectivity index (χ0) is 15.3. The monoisotopic (exact) mass is 328 g/mol. The maximum Gasteiger partial charge on any atom is 0.171 e. The zero-order valence-corrected chi connectivity index (χ0v) is 13.1. The molecule has 0 radical (unpaired) electrons. The van der Waals surface area contributed by atoms with E-state index >= 15 is 0 Å². The van der Waals surface area contributed by atoms with Gasteiger partial charge < -0.3 is 0 Å². The van der Waals surface area contributed by atoms with Crippen molar-refractivity contribution in [3.63, 3.8) is 0 Å². The minimum absolute atomic E-state index is 0.546. The van der Waals surface area contributed by atoms with Crippen molar-refractivity contribution < 1.29 is 0 Å². The Bertz CT molecular complexity index is 1020. The molecule has 0 unspecified atom stereocenters. The Kier molecular flexibility index (Phi) is 3.03. The molecule has 0 aliphatic rings. The van der Waals surface area contributed by atoms with Gasteiger partial charge in [0, 0.05) is 16.0 Å². The Hall–Kier alpha value is -2.17. The molecular weight excluding hydrogens is 319 g/mol. The average molecular weight is 329 g/mol. The van der Waals surface area contributed by atoms with E-state index in [-0.39, 0.29) is 0 Å². The molecule has 0 N–H and O–H groups in total. The standard InChI is InChI=1S/C16H10Cl2N4/c1-9-20-21-16-12-4-2-3-5-14(12)19-15(22(9)16)11-7-6-10(17)8-13(11)18/h2-8H,1H3. The van der Waals surface area contributed by atoms with Crippen LogP contribution in [0.2, 0.25) is 10.0 Å². The summed E-state index contributed by atoms with van der Waals surface area (Å²) in [6.07, 6.45) is 0. The summed E-state index contributed by atoms with van der Waals surface area (Å²) in [5, 5.41) is 10.6. The van der Waals surface area contributed by atoms with Crippen LogP contribution in [0.25, 0.3) is 27.9 Å². The summed E-state index contributed by atoms with van der Waals surface area (Å²) < 4.78 is 1.91. The van der Waals surface area contributed by atoms with Gasteiger partial charge in [-0.05, 0) is 37.3 Å². The molecule has 0 atom stereocenters. The van der Waals surface area contributed by atoms with Crippen molar-refractivity contribution in [2.75, 3.05) is 0 Å². The van der Waals surface area contributed by atoms with E-state index in [1.165, 1.54) is 0 Å². The van der Waals surface area contributed by atoms with Crippen LogP contribution in [0.3, 0.4) is 0 Å². The summed E-state index contributed by atoms with van der Waals surface area (Å²) in [6, 6.07) is 13.2. The summed E-state index contributed by atoms with van der Waals surface area (Å²) in [5.74, 6) is 1.46. The lowest BCUT2D eigenvalue weighted by Crippen LogP contribution is -2.00. The second-order valence-corrected chi connectivity index (χ2v) is 5.83. The molecule has 6 heteroatoms. The number of halogens is 2. The summed E-state index contributed by atoms with van der Waals surface area (Å²) in [4.78, 5) is 4.75. The minimum Gasteiger partial charge on any atom is -0.262 e. The summed E-state index contributed by atoms with van der Waals surface area (Å²) in [5.41, 5.74) is 2.41. The Morgan fingerprint density at radius 1 is 1.00 bits per heavy atom. The van der Waals surface area contributed by atoms with Gasteiger partial charge >= 0.3 is 0 Å². The van der Waals surface area contributed by atoms with Crippen LogP contribution >= 0.6 is 23.2 Å². The number of benzene rings is 2. The second kappa shape index (κ2) is 4.93. The number of fused-ring (bicyclic) bond motifs is 3. The minimum atomic E-state index is 0.546. The van der Waals surface area contributed by atoms with Gasteiger partial charge in [-0.3, -0.25) is 4.40 Å². The largest absolute Gasteiger partial charge is 0.262 e. The number of hydrogen-bond acceptors (Lipinski definition) is 3. The molecule has 0 amide bonds. The van der Waals surface area contributed by atoms with E-state index in [4.69, 9.17) is 28.2 Å². The lowest BCUT2D eigenvalue weighted by Gasteiger charge is -2.10. The third-order valence-corrected chi connectivity index (χ3v) is 4.13. The molecule has 0 bridgehead atoms. The van der Waals surface area contributed by atoms with Crippen molar-refractivity contribution in [3.8, 4) is 11.4 Å². The van der Waals surface area contributed by atoms with Crippen molar-refractivity contribution in [2.45, 2.75) is 6.92 Å². The fraction of sp³-hybridized carbons (Fsp3) is 0.0625. The van der Waals surface area contributed by atoms with E-state index in [9.17, 15) is 0 Å². The van der Waals surface area contributed by atoms with Gasteiger partial charge in [0.25, 0.3) is 0 Å². The third-order valence-electron chi connectivity index (χ3n) is 3.58. The highest BCUT2D eigenvalue weighted by Crippen LogP contribution is 2.31. The van der Waals surface area contributed by atoms with Gasteiger partial charge in [0.15, 0.2) is 5.65 Å². The van der Waals surface area contributed by atoms with E-state index in [1.54, 1.807) is 12.1 Å². The highest BCUT2D eigenvalue weighted by atomic mass is 35.5. The molecule has 0 aliphatic heterocycles. The van der Waals surface area contributed by atoms with Gasteiger partial charge in [0.2, 0.25) is 0 Å². The second-order valence-electron chi connectivity index (χ2n) is 4.98. The lowest BCUT2D eigenvalue weighted by molar-refractivity contribution is 0.996. The Morgan fingerprint density at radius 3 is 2.64 bits per heavy atom. The Morgan fingerprint density at radius 2 is 1.82 bits per heavy atom. The SMILES string of the molecule is Cc1nnc2c3ccccc3nc(-c3ccc(Cl)cc3Cl)n12. The molecule has 2 heterocycles. The van der Waals surface area contributed by atoms with E-state index in [1.807, 2.05) is 41.7 Å². The molecule has 4 rings (SSSR count). The first kappa shape index (κ1) is 13.5. The van der Waals surface area contributed by atoms with Crippen molar-refractivity contribution in [1.29, 1.82) is 0 Å². The van der Waals surface area contributed by atoms with Crippen molar-refractivity contribution in [1.82, 2.24) is 19.6 Å². The van der Waals surface area contributed by atoms with Crippen LogP contribution in [-0.4, -0.2) is 19.6 Å². The highest BCUT2D eigenvalue weighted by Gasteiger charge is 2.16. The van der Waals surface area contributed by atoms with E-state index in [0.717, 1.165) is 27.9 Å². The van der Waals surface area contributed by atoms with E-state index in [2.05, 4.69) is 10.2 Å². The van der Waals surface area contributed by atoms with Gasteiger partial charge in [-0.25, -0.2) is 4.98 Å². The number of nitrogens with zero attached hydrogens (tertiary/aromatic N) is 4. The smallest absolute Gasteiger partial charge is 0.171 e. The lowest BCUT2D eigenvalue weighted by atomic mass is 10.1. The van der Waals surface area contributed by atoms with Crippen LogP contribution < -0.4 is 0 Å². The van der Waals surface area contributed by atoms with Crippen LogP contribution in [-0.2, 0) is 0 Å². The van der Waals surface area contributed by atoms with E-state index < -0.39 is 0 Å². The molecule has 0 fully saturated rings. The van der Waals surface area contributed by atoms with Gasteiger partial charge in [-0.1, -0.05) is 35.3 Å². The maximum atomic E-state index is 6.36. The fourth-order valence-electron chi connectivity index (χ4n) is 2.57. The molecule has 4 aromatic rings. The van der Waals surface area contributed by atoms with Crippen LogP contribution in [0.15, 0.2) is 42.5 Å². The molecule has 0 saturated heterocycles. The number of aromatic nitrogens is 4. The van der Waals surface area contributed by atoms with Crippen LogP contribution in [0, 0.1) is 6.92 Å². The quantitative estimate of drug-likeness (QED) is 0.514. The van der Waals surface area contributed by atoms with Gasteiger partial charge in [-0.2, -0.15) is 0 Å². The molecule has 2 aromatic carbocycles. The highest BCUT2D eigenvalue weighted by molar-refractivity contribution is 6.36. The first-order chi connectivity index (χ1) is 10.6. The average Bonchev–Trinajstić information content (AvgIpc) is 2.89. The van der Waals surface area contributed by atoms with Gasteiger partial charge in [-0.15, -0.1) is 10.2 Å². The number of rotatable bonds is 1. The first-order valence-corrected chi connectivity index (χ1v) is 7.46. The van der Waals surface area contributed by atoms with Crippen molar-refractivity contribution >= 4 is 39.8 Å². The molecule has 108 valence electrons. The van der Waals surface area contributed by atoms with Crippen molar-refractivity contribution in [3.05, 3.63) is 58.3 Å². The van der Waals surface area contributed by atoms with Gasteiger partial charge in [0.05, 0.1) is 10.5 Å². The predicted octanol–water partition coefficient (Wildman–Crippen LogP) is 4.56. The van der Waals surface area contributed by atoms with Crippen LogP contribution in [0.1, 0.15) is 5.82 Å². The molecule has 4 nitrogen and oxygen atoms in total. The molecule has 22 heavy (non-hydrogen) atoms. The van der Waals surface area contributed by atoms with Crippen LogP contribution in [0.5, 0.6) is 0 Å². The molecule has 2 aromatic heterocycles.